The van der Waals surface area contributed by atoms with Crippen molar-refractivity contribution in [3.63, 3.8) is 0 Å². The molecule has 1 rings (SSSR count). The lowest BCUT2D eigenvalue weighted by Crippen LogP contribution is -2.05. The molecule has 0 bridgehead atoms. The molecule has 0 aromatic carbocycles. The van der Waals surface area contributed by atoms with Crippen LogP contribution in [0, 0.1) is 5.92 Å². The third-order valence-electron chi connectivity index (χ3n) is 2.06. The summed E-state index contributed by atoms with van der Waals surface area (Å²) in [6.07, 6.45) is 8.51. The molecule has 0 aromatic heterocycles. The molecule has 1 aliphatic carbocycles. The van der Waals surface area contributed by atoms with Gasteiger partial charge in [-0.05, 0) is 30.8 Å². The lowest BCUT2D eigenvalue weighted by atomic mass is 9.96. The van der Waals surface area contributed by atoms with Gasteiger partial charge in [0.25, 0.3) is 0 Å². The Bertz CT molecular complexity index is 177. The highest BCUT2D eigenvalue weighted by molar-refractivity contribution is 7.39. The van der Waals surface area contributed by atoms with E-state index in [2.05, 4.69) is 12.2 Å². The molecule has 0 radical (unpaired) electrons. The number of allylic oxidation sites excluding steroid dienone is 2. The SMILES string of the molecule is CCO[P+](=O)CC1CC=CCC1. The van der Waals surface area contributed by atoms with E-state index < -0.39 is 8.03 Å². The van der Waals surface area contributed by atoms with E-state index in [1.807, 2.05) is 6.92 Å². The first-order chi connectivity index (χ1) is 5.83. The van der Waals surface area contributed by atoms with E-state index in [0.29, 0.717) is 12.5 Å². The summed E-state index contributed by atoms with van der Waals surface area (Å²) in [6.45, 7) is 2.45. The summed E-state index contributed by atoms with van der Waals surface area (Å²) >= 11 is 0. The summed E-state index contributed by atoms with van der Waals surface area (Å²) in [6, 6.07) is 0. The minimum atomic E-state index is -1.39. The summed E-state index contributed by atoms with van der Waals surface area (Å²) in [4.78, 5) is 0. The molecule has 3 heteroatoms. The maximum atomic E-state index is 11.2. The van der Waals surface area contributed by atoms with Gasteiger partial charge in [0.05, 0.1) is 6.61 Å². The Morgan fingerprint density at radius 1 is 1.58 bits per heavy atom. The van der Waals surface area contributed by atoms with Crippen molar-refractivity contribution in [1.82, 2.24) is 0 Å². The van der Waals surface area contributed by atoms with Crippen LogP contribution in [0.25, 0.3) is 0 Å². The van der Waals surface area contributed by atoms with Crippen LogP contribution in [0.2, 0.25) is 0 Å². The molecule has 0 fully saturated rings. The topological polar surface area (TPSA) is 26.3 Å². The fourth-order valence-corrected chi connectivity index (χ4v) is 2.58. The molecule has 0 aromatic rings. The van der Waals surface area contributed by atoms with Gasteiger partial charge in [-0.1, -0.05) is 12.2 Å². The number of rotatable bonds is 4. The fourth-order valence-electron chi connectivity index (χ4n) is 1.43. The van der Waals surface area contributed by atoms with Crippen LogP contribution >= 0.6 is 8.03 Å². The maximum absolute atomic E-state index is 11.2. The zero-order valence-electron chi connectivity index (χ0n) is 7.53. The summed E-state index contributed by atoms with van der Waals surface area (Å²) in [5.74, 6) is 0.588. The number of hydrogen-bond donors (Lipinski definition) is 0. The minimum absolute atomic E-state index is 0.567. The van der Waals surface area contributed by atoms with Crippen molar-refractivity contribution in [2.45, 2.75) is 26.2 Å². The lowest BCUT2D eigenvalue weighted by Gasteiger charge is -2.11. The molecular formula is C9H16O2P+. The van der Waals surface area contributed by atoms with E-state index in [4.69, 9.17) is 4.52 Å². The van der Waals surface area contributed by atoms with Gasteiger partial charge in [-0.15, -0.1) is 4.52 Å². The molecular weight excluding hydrogens is 171 g/mol. The van der Waals surface area contributed by atoms with Crippen molar-refractivity contribution >= 4 is 8.03 Å². The van der Waals surface area contributed by atoms with Gasteiger partial charge in [0, 0.05) is 5.92 Å². The van der Waals surface area contributed by atoms with Crippen molar-refractivity contribution < 1.29 is 9.09 Å². The third-order valence-corrected chi connectivity index (χ3v) is 3.42. The van der Waals surface area contributed by atoms with Crippen molar-refractivity contribution in [1.29, 1.82) is 0 Å². The Hall–Kier alpha value is -0.200. The highest BCUT2D eigenvalue weighted by Crippen LogP contribution is 2.30. The summed E-state index contributed by atoms with van der Waals surface area (Å²) in [5, 5.41) is 0. The average molecular weight is 187 g/mol. The molecule has 12 heavy (non-hydrogen) atoms. The van der Waals surface area contributed by atoms with Crippen LogP contribution in [0.3, 0.4) is 0 Å². The van der Waals surface area contributed by atoms with Gasteiger partial charge in [-0.25, -0.2) is 0 Å². The Morgan fingerprint density at radius 2 is 2.42 bits per heavy atom. The van der Waals surface area contributed by atoms with Gasteiger partial charge in [-0.3, -0.25) is 0 Å². The van der Waals surface area contributed by atoms with Crippen molar-refractivity contribution in [2.75, 3.05) is 12.8 Å². The Kier molecular flexibility index (Phi) is 4.49. The van der Waals surface area contributed by atoms with Gasteiger partial charge in [-0.2, -0.15) is 0 Å². The first kappa shape index (κ1) is 9.88. The number of hydrogen-bond acceptors (Lipinski definition) is 2. The normalized spacial score (nSPS) is 24.1. The Labute approximate surface area is 74.9 Å². The summed E-state index contributed by atoms with van der Waals surface area (Å²) in [5.41, 5.74) is 0. The molecule has 0 spiro atoms. The minimum Gasteiger partial charge on any atom is -0.147 e. The fraction of sp³-hybridized carbons (Fsp3) is 0.778. The molecule has 1 aliphatic rings. The monoisotopic (exact) mass is 187 g/mol. The highest BCUT2D eigenvalue weighted by Gasteiger charge is 2.24. The molecule has 2 atom stereocenters. The lowest BCUT2D eigenvalue weighted by molar-refractivity contribution is 0.343. The first-order valence-corrected chi connectivity index (χ1v) is 5.91. The summed E-state index contributed by atoms with van der Waals surface area (Å²) < 4.78 is 16.2. The molecule has 0 aliphatic heterocycles. The van der Waals surface area contributed by atoms with Crippen LogP contribution < -0.4 is 0 Å². The van der Waals surface area contributed by atoms with E-state index in [-0.39, 0.29) is 0 Å². The van der Waals surface area contributed by atoms with Crippen molar-refractivity contribution in [3.8, 4) is 0 Å². The second kappa shape index (κ2) is 5.45. The maximum Gasteiger partial charge on any atom is 0.508 e. The molecule has 2 unspecified atom stereocenters. The predicted octanol–water partition coefficient (Wildman–Crippen LogP) is 3.12. The van der Waals surface area contributed by atoms with E-state index in [1.54, 1.807) is 0 Å². The smallest absolute Gasteiger partial charge is 0.147 e. The molecule has 0 heterocycles. The Morgan fingerprint density at radius 3 is 3.00 bits per heavy atom. The van der Waals surface area contributed by atoms with Crippen LogP contribution in [0.1, 0.15) is 26.2 Å². The van der Waals surface area contributed by atoms with E-state index in [9.17, 15) is 4.57 Å². The average Bonchev–Trinajstić information content (AvgIpc) is 2.06. The molecule has 0 saturated heterocycles. The van der Waals surface area contributed by atoms with Gasteiger partial charge in [0.1, 0.15) is 0 Å². The van der Waals surface area contributed by atoms with Crippen molar-refractivity contribution in [3.05, 3.63) is 12.2 Å². The van der Waals surface area contributed by atoms with Gasteiger partial charge in [0.15, 0.2) is 6.16 Å². The van der Waals surface area contributed by atoms with Gasteiger partial charge < -0.3 is 0 Å². The quantitative estimate of drug-likeness (QED) is 0.499. The standard InChI is InChI=1S/C9H16O2P/c1-2-11-12(10)8-9-6-4-3-5-7-9/h3-4,9H,2,5-8H2,1H3/q+1. The van der Waals surface area contributed by atoms with Gasteiger partial charge in [0.2, 0.25) is 0 Å². The highest BCUT2D eigenvalue weighted by atomic mass is 31.1. The predicted molar refractivity (Wildman–Crippen MR) is 50.6 cm³/mol. The van der Waals surface area contributed by atoms with Crippen LogP contribution in [-0.4, -0.2) is 12.8 Å². The van der Waals surface area contributed by atoms with Crippen LogP contribution in [0.15, 0.2) is 12.2 Å². The Balaban J connectivity index is 2.21. The van der Waals surface area contributed by atoms with Crippen LogP contribution in [0.4, 0.5) is 0 Å². The van der Waals surface area contributed by atoms with Crippen LogP contribution in [0.5, 0.6) is 0 Å². The zero-order valence-corrected chi connectivity index (χ0v) is 8.43. The van der Waals surface area contributed by atoms with Crippen LogP contribution in [-0.2, 0) is 9.09 Å². The molecule has 0 saturated carbocycles. The first-order valence-electron chi connectivity index (χ1n) is 4.55. The third kappa shape index (κ3) is 3.46. The second-order valence-electron chi connectivity index (χ2n) is 3.08. The van der Waals surface area contributed by atoms with E-state index in [0.717, 1.165) is 19.0 Å². The largest absolute Gasteiger partial charge is 0.508 e. The van der Waals surface area contributed by atoms with E-state index in [1.165, 1.54) is 6.42 Å². The van der Waals surface area contributed by atoms with Gasteiger partial charge >= 0.3 is 8.03 Å². The molecule has 0 amide bonds. The second-order valence-corrected chi connectivity index (χ2v) is 4.37. The van der Waals surface area contributed by atoms with Crippen molar-refractivity contribution in [2.24, 2.45) is 5.92 Å². The molecule has 68 valence electrons. The zero-order chi connectivity index (χ0) is 8.81. The van der Waals surface area contributed by atoms with E-state index >= 15 is 0 Å². The molecule has 0 N–H and O–H groups in total. The molecule has 2 nitrogen and oxygen atoms in total. The summed E-state index contributed by atoms with van der Waals surface area (Å²) in [7, 11) is -1.39.